The van der Waals surface area contributed by atoms with Gasteiger partial charge in [0.15, 0.2) is 0 Å². The minimum Gasteiger partial charge on any atom is -0.370 e. The van der Waals surface area contributed by atoms with Crippen LogP contribution in [0.5, 0.6) is 0 Å². The van der Waals surface area contributed by atoms with Crippen molar-refractivity contribution < 1.29 is 18.4 Å². The van der Waals surface area contributed by atoms with Crippen LogP contribution in [0.15, 0.2) is 0 Å². The summed E-state index contributed by atoms with van der Waals surface area (Å²) in [5.41, 5.74) is 4.96. The Bertz CT molecular complexity index is 209. The summed E-state index contributed by atoms with van der Waals surface area (Å²) >= 11 is 0. The van der Waals surface area contributed by atoms with E-state index in [0.29, 0.717) is 19.6 Å². The lowest BCUT2D eigenvalue weighted by atomic mass is 10.3. The zero-order valence-corrected chi connectivity index (χ0v) is 9.59. The van der Waals surface area contributed by atoms with Gasteiger partial charge in [0.05, 0.1) is 19.4 Å². The van der Waals surface area contributed by atoms with E-state index in [0.717, 1.165) is 0 Å². The molecule has 0 unspecified atom stereocenters. The Hall–Kier alpha value is -0.380. The van der Waals surface area contributed by atoms with Gasteiger partial charge in [0.2, 0.25) is 5.91 Å². The van der Waals surface area contributed by atoms with Crippen molar-refractivity contribution in [3.8, 4) is 0 Å². The molecule has 0 fully saturated rings. The van der Waals surface area contributed by atoms with Gasteiger partial charge in [-0.15, -0.1) is 0 Å². The highest BCUT2D eigenvalue weighted by Crippen LogP contribution is 2.48. The molecule has 0 radical (unpaired) electrons. The second-order valence-electron chi connectivity index (χ2n) is 2.74. The summed E-state index contributed by atoms with van der Waals surface area (Å²) in [6, 6.07) is 0. The minimum absolute atomic E-state index is 0.212. The van der Waals surface area contributed by atoms with Crippen LogP contribution >= 0.6 is 7.60 Å². The summed E-state index contributed by atoms with van der Waals surface area (Å²) in [7, 11) is -2.98. The largest absolute Gasteiger partial charge is 0.370 e. The van der Waals surface area contributed by atoms with E-state index in [1.165, 1.54) is 0 Å². The third kappa shape index (κ3) is 6.13. The normalized spacial score (nSPS) is 11.6. The monoisotopic (exact) mass is 223 g/mol. The summed E-state index contributed by atoms with van der Waals surface area (Å²) in [5, 5.41) is 0. The predicted octanol–water partition coefficient (Wildman–Crippen LogP) is 1.52. The van der Waals surface area contributed by atoms with E-state index in [-0.39, 0.29) is 12.6 Å². The first-order valence-corrected chi connectivity index (χ1v) is 6.43. The van der Waals surface area contributed by atoms with Gasteiger partial charge in [-0.2, -0.15) is 0 Å². The number of hydrogen-bond acceptors (Lipinski definition) is 4. The van der Waals surface area contributed by atoms with E-state index in [1.807, 2.05) is 0 Å². The SMILES string of the molecule is CCOP(=O)(CCCC(N)=O)OCC. The summed E-state index contributed by atoms with van der Waals surface area (Å²) in [5.74, 6) is -0.399. The van der Waals surface area contributed by atoms with E-state index in [9.17, 15) is 9.36 Å². The maximum atomic E-state index is 11.8. The Kier molecular flexibility index (Phi) is 6.79. The van der Waals surface area contributed by atoms with Crippen molar-refractivity contribution in [1.29, 1.82) is 0 Å². The minimum atomic E-state index is -2.98. The highest BCUT2D eigenvalue weighted by Gasteiger charge is 2.22. The second kappa shape index (κ2) is 6.98. The van der Waals surface area contributed by atoms with Crippen molar-refractivity contribution in [2.75, 3.05) is 19.4 Å². The van der Waals surface area contributed by atoms with Crippen LogP contribution in [0.4, 0.5) is 0 Å². The third-order valence-corrected chi connectivity index (χ3v) is 3.67. The van der Waals surface area contributed by atoms with Gasteiger partial charge < -0.3 is 14.8 Å². The zero-order chi connectivity index (χ0) is 11.0. The Morgan fingerprint density at radius 2 is 1.79 bits per heavy atom. The topological polar surface area (TPSA) is 78.6 Å². The van der Waals surface area contributed by atoms with Crippen molar-refractivity contribution in [2.24, 2.45) is 5.73 Å². The molecule has 0 aromatic carbocycles. The molecule has 0 rings (SSSR count). The number of carbonyl (C=O) groups excluding carboxylic acids is 1. The first-order chi connectivity index (χ1) is 6.54. The molecule has 14 heavy (non-hydrogen) atoms. The van der Waals surface area contributed by atoms with Crippen molar-refractivity contribution in [3.05, 3.63) is 0 Å². The second-order valence-corrected chi connectivity index (χ2v) is 4.93. The molecule has 2 N–H and O–H groups in total. The molecule has 1 amide bonds. The molecule has 0 aliphatic heterocycles. The molecule has 0 spiro atoms. The van der Waals surface area contributed by atoms with Crippen LogP contribution in [0.2, 0.25) is 0 Å². The molecule has 0 aliphatic carbocycles. The Morgan fingerprint density at radius 1 is 1.29 bits per heavy atom. The van der Waals surface area contributed by atoms with Crippen molar-refractivity contribution in [1.82, 2.24) is 0 Å². The fourth-order valence-electron chi connectivity index (χ4n) is 1.01. The van der Waals surface area contributed by atoms with Gasteiger partial charge in [-0.1, -0.05) is 0 Å². The molecule has 5 nitrogen and oxygen atoms in total. The van der Waals surface area contributed by atoms with E-state index in [2.05, 4.69) is 0 Å². The molecule has 84 valence electrons. The van der Waals surface area contributed by atoms with Crippen LogP contribution in [-0.2, 0) is 18.4 Å². The Labute approximate surface area is 84.5 Å². The van der Waals surface area contributed by atoms with Gasteiger partial charge in [-0.05, 0) is 20.3 Å². The van der Waals surface area contributed by atoms with E-state index in [4.69, 9.17) is 14.8 Å². The highest BCUT2D eigenvalue weighted by molar-refractivity contribution is 7.53. The zero-order valence-electron chi connectivity index (χ0n) is 8.69. The lowest BCUT2D eigenvalue weighted by Crippen LogP contribution is -2.11. The lowest BCUT2D eigenvalue weighted by Gasteiger charge is -2.16. The van der Waals surface area contributed by atoms with Crippen molar-refractivity contribution >= 4 is 13.5 Å². The summed E-state index contributed by atoms with van der Waals surface area (Å²) in [4.78, 5) is 10.5. The molecular weight excluding hydrogens is 205 g/mol. The van der Waals surface area contributed by atoms with Crippen LogP contribution in [0.1, 0.15) is 26.7 Å². The van der Waals surface area contributed by atoms with Gasteiger partial charge in [0.25, 0.3) is 0 Å². The van der Waals surface area contributed by atoms with Gasteiger partial charge >= 0.3 is 7.60 Å². The third-order valence-electron chi connectivity index (χ3n) is 1.51. The average molecular weight is 223 g/mol. The molecule has 0 atom stereocenters. The van der Waals surface area contributed by atoms with E-state index in [1.54, 1.807) is 13.8 Å². The van der Waals surface area contributed by atoms with Gasteiger partial charge in [0, 0.05) is 6.42 Å². The van der Waals surface area contributed by atoms with E-state index < -0.39 is 13.5 Å². The Balaban J connectivity index is 3.96. The number of rotatable bonds is 8. The van der Waals surface area contributed by atoms with Crippen LogP contribution in [0.25, 0.3) is 0 Å². The van der Waals surface area contributed by atoms with Crippen LogP contribution in [0.3, 0.4) is 0 Å². The first kappa shape index (κ1) is 13.6. The van der Waals surface area contributed by atoms with E-state index >= 15 is 0 Å². The Morgan fingerprint density at radius 3 is 2.14 bits per heavy atom. The van der Waals surface area contributed by atoms with Crippen molar-refractivity contribution in [2.45, 2.75) is 26.7 Å². The number of amides is 1. The van der Waals surface area contributed by atoms with Crippen molar-refractivity contribution in [3.63, 3.8) is 0 Å². The summed E-state index contributed by atoms with van der Waals surface area (Å²) in [6.45, 7) is 4.18. The first-order valence-electron chi connectivity index (χ1n) is 4.70. The molecule has 0 aromatic heterocycles. The van der Waals surface area contributed by atoms with Gasteiger partial charge in [-0.25, -0.2) is 0 Å². The molecule has 6 heteroatoms. The van der Waals surface area contributed by atoms with Gasteiger partial charge in [0.1, 0.15) is 0 Å². The molecule has 0 aromatic rings. The number of hydrogen-bond donors (Lipinski definition) is 1. The van der Waals surface area contributed by atoms with Crippen LogP contribution < -0.4 is 5.73 Å². The smallest absolute Gasteiger partial charge is 0.330 e. The summed E-state index contributed by atoms with van der Waals surface area (Å²) in [6.07, 6.45) is 0.897. The molecule has 0 saturated heterocycles. The lowest BCUT2D eigenvalue weighted by molar-refractivity contribution is -0.118. The predicted molar refractivity (Wildman–Crippen MR) is 54.2 cm³/mol. The number of nitrogens with two attached hydrogens (primary N) is 1. The highest BCUT2D eigenvalue weighted by atomic mass is 31.2. The maximum Gasteiger partial charge on any atom is 0.330 e. The standard InChI is InChI=1S/C8H18NO4P/c1-3-12-14(11,13-4-2)7-5-6-8(9)10/h3-7H2,1-2H3,(H2,9,10). The fraction of sp³-hybridized carbons (Fsp3) is 0.875. The maximum absolute atomic E-state index is 11.8. The molecule has 0 bridgehead atoms. The molecule has 0 saturated carbocycles. The van der Waals surface area contributed by atoms with Crippen LogP contribution in [0, 0.1) is 0 Å². The molecular formula is C8H18NO4P. The van der Waals surface area contributed by atoms with Gasteiger partial charge in [-0.3, -0.25) is 9.36 Å². The number of carbonyl (C=O) groups is 1. The average Bonchev–Trinajstić information content (AvgIpc) is 2.03. The number of primary amides is 1. The quantitative estimate of drug-likeness (QED) is 0.633. The fourth-order valence-corrected chi connectivity index (χ4v) is 2.67. The summed E-state index contributed by atoms with van der Waals surface area (Å²) < 4.78 is 21.9. The molecule has 0 heterocycles. The van der Waals surface area contributed by atoms with Crippen LogP contribution in [-0.4, -0.2) is 25.3 Å². The molecule has 0 aliphatic rings.